The molecule has 0 saturated carbocycles. The molecular weight excluding hydrogens is 412 g/mol. The van der Waals surface area contributed by atoms with Crippen molar-refractivity contribution in [1.29, 1.82) is 0 Å². The molecule has 3 rings (SSSR count). The van der Waals surface area contributed by atoms with Crippen LogP contribution in [-0.2, 0) is 14.8 Å². The van der Waals surface area contributed by atoms with Crippen LogP contribution >= 0.6 is 0 Å². The summed E-state index contributed by atoms with van der Waals surface area (Å²) < 4.78 is 32.4. The summed E-state index contributed by atoms with van der Waals surface area (Å²) in [5.41, 5.74) is 1.31. The Morgan fingerprint density at radius 3 is 1.94 bits per heavy atom. The van der Waals surface area contributed by atoms with Crippen molar-refractivity contribution in [1.82, 2.24) is 0 Å². The molecule has 0 atom stereocenters. The highest BCUT2D eigenvalue weighted by Crippen LogP contribution is 2.24. The van der Waals surface area contributed by atoms with E-state index < -0.39 is 10.0 Å². The van der Waals surface area contributed by atoms with E-state index in [1.54, 1.807) is 59.5 Å². The molecule has 0 spiro atoms. The van der Waals surface area contributed by atoms with Crippen molar-refractivity contribution in [2.24, 2.45) is 0 Å². The Morgan fingerprint density at radius 1 is 0.839 bits per heavy atom. The van der Waals surface area contributed by atoms with E-state index in [1.807, 2.05) is 44.2 Å². The fraction of sp³-hybridized carbons (Fsp3) is 0.208. The Balaban J connectivity index is 1.67. The minimum Gasteiger partial charge on any atom is -0.484 e. The predicted octanol–water partition coefficient (Wildman–Crippen LogP) is 4.33. The van der Waals surface area contributed by atoms with Gasteiger partial charge in [-0.1, -0.05) is 36.4 Å². The SMILES string of the molecule is CC(C)N(C(=O)COc1ccc(N(C)S(=O)(=O)c2ccccc2)cc1)c1ccccc1. The zero-order valence-electron chi connectivity index (χ0n) is 17.8. The van der Waals surface area contributed by atoms with Crippen LogP contribution in [-0.4, -0.2) is 34.0 Å². The monoisotopic (exact) mass is 438 g/mol. The van der Waals surface area contributed by atoms with E-state index in [2.05, 4.69) is 0 Å². The molecule has 0 aliphatic rings. The third-order valence-electron chi connectivity index (χ3n) is 4.78. The van der Waals surface area contributed by atoms with Gasteiger partial charge in [0, 0.05) is 18.8 Å². The van der Waals surface area contributed by atoms with Crippen molar-refractivity contribution in [3.63, 3.8) is 0 Å². The van der Waals surface area contributed by atoms with Crippen molar-refractivity contribution < 1.29 is 17.9 Å². The molecule has 0 radical (unpaired) electrons. The summed E-state index contributed by atoms with van der Waals surface area (Å²) in [6.07, 6.45) is 0. The summed E-state index contributed by atoms with van der Waals surface area (Å²) in [4.78, 5) is 14.6. The number of hydrogen-bond donors (Lipinski definition) is 0. The largest absolute Gasteiger partial charge is 0.484 e. The van der Waals surface area contributed by atoms with Gasteiger partial charge >= 0.3 is 0 Å². The molecule has 3 aromatic rings. The number of benzene rings is 3. The van der Waals surface area contributed by atoms with Gasteiger partial charge in [-0.15, -0.1) is 0 Å². The molecule has 0 aliphatic heterocycles. The highest BCUT2D eigenvalue weighted by molar-refractivity contribution is 7.92. The van der Waals surface area contributed by atoms with E-state index in [9.17, 15) is 13.2 Å². The van der Waals surface area contributed by atoms with Crippen molar-refractivity contribution in [2.45, 2.75) is 24.8 Å². The van der Waals surface area contributed by atoms with Crippen LogP contribution in [0, 0.1) is 0 Å². The number of ether oxygens (including phenoxy) is 1. The van der Waals surface area contributed by atoms with Gasteiger partial charge in [0.05, 0.1) is 10.6 Å². The number of hydrogen-bond acceptors (Lipinski definition) is 4. The van der Waals surface area contributed by atoms with Gasteiger partial charge in [0.2, 0.25) is 0 Å². The summed E-state index contributed by atoms with van der Waals surface area (Å²) in [6, 6.07) is 24.3. The number of nitrogens with zero attached hydrogens (tertiary/aromatic N) is 2. The topological polar surface area (TPSA) is 66.9 Å². The zero-order chi connectivity index (χ0) is 22.4. The van der Waals surface area contributed by atoms with Gasteiger partial charge in [0.1, 0.15) is 5.75 Å². The van der Waals surface area contributed by atoms with E-state index in [1.165, 1.54) is 11.4 Å². The summed E-state index contributed by atoms with van der Waals surface area (Å²) in [5.74, 6) is 0.327. The molecule has 3 aromatic carbocycles. The van der Waals surface area contributed by atoms with Gasteiger partial charge < -0.3 is 9.64 Å². The molecule has 0 N–H and O–H groups in total. The van der Waals surface area contributed by atoms with Crippen LogP contribution in [0.1, 0.15) is 13.8 Å². The van der Waals surface area contributed by atoms with Crippen LogP contribution in [0.5, 0.6) is 5.75 Å². The Morgan fingerprint density at radius 2 is 1.39 bits per heavy atom. The number of carbonyl (C=O) groups excluding carboxylic acids is 1. The lowest BCUT2D eigenvalue weighted by molar-refractivity contribution is -0.120. The van der Waals surface area contributed by atoms with Gasteiger partial charge in [0.15, 0.2) is 6.61 Å². The van der Waals surface area contributed by atoms with Crippen LogP contribution in [0.3, 0.4) is 0 Å². The van der Waals surface area contributed by atoms with E-state index >= 15 is 0 Å². The van der Waals surface area contributed by atoms with Crippen LogP contribution < -0.4 is 13.9 Å². The Bertz CT molecular complexity index is 1100. The summed E-state index contributed by atoms with van der Waals surface area (Å²) >= 11 is 0. The third kappa shape index (κ3) is 5.24. The zero-order valence-corrected chi connectivity index (χ0v) is 18.6. The molecule has 0 bridgehead atoms. The first-order chi connectivity index (χ1) is 14.8. The summed E-state index contributed by atoms with van der Waals surface area (Å²) in [7, 11) is -2.15. The molecule has 0 heterocycles. The summed E-state index contributed by atoms with van der Waals surface area (Å²) in [6.45, 7) is 3.77. The number of rotatable bonds is 8. The summed E-state index contributed by atoms with van der Waals surface area (Å²) in [5, 5.41) is 0. The highest BCUT2D eigenvalue weighted by Gasteiger charge is 2.21. The number of sulfonamides is 1. The second kappa shape index (κ2) is 9.66. The third-order valence-corrected chi connectivity index (χ3v) is 6.58. The molecule has 1 amide bonds. The lowest BCUT2D eigenvalue weighted by Crippen LogP contribution is -2.40. The molecule has 31 heavy (non-hydrogen) atoms. The molecule has 7 heteroatoms. The lowest BCUT2D eigenvalue weighted by Gasteiger charge is -2.27. The van der Waals surface area contributed by atoms with Crippen LogP contribution in [0.15, 0.2) is 89.8 Å². The van der Waals surface area contributed by atoms with E-state index in [0.29, 0.717) is 11.4 Å². The Labute approximate surface area is 183 Å². The molecular formula is C24H26N2O4S. The lowest BCUT2D eigenvalue weighted by atomic mass is 10.2. The predicted molar refractivity (Wildman–Crippen MR) is 123 cm³/mol. The van der Waals surface area contributed by atoms with Crippen LogP contribution in [0.4, 0.5) is 11.4 Å². The van der Waals surface area contributed by atoms with E-state index in [-0.39, 0.29) is 23.5 Å². The van der Waals surface area contributed by atoms with Gasteiger partial charge in [-0.2, -0.15) is 0 Å². The standard InChI is InChI=1S/C24H26N2O4S/c1-19(2)26(21-10-6-4-7-11-21)24(27)18-30-22-16-14-20(15-17-22)25(3)31(28,29)23-12-8-5-9-13-23/h4-17,19H,18H2,1-3H3. The molecule has 0 aromatic heterocycles. The highest BCUT2D eigenvalue weighted by atomic mass is 32.2. The average molecular weight is 439 g/mol. The first-order valence-corrected chi connectivity index (χ1v) is 11.4. The number of amides is 1. The molecule has 0 unspecified atom stereocenters. The number of carbonyl (C=O) groups is 1. The van der Waals surface area contributed by atoms with Gasteiger partial charge in [0.25, 0.3) is 15.9 Å². The second-order valence-electron chi connectivity index (χ2n) is 7.26. The second-order valence-corrected chi connectivity index (χ2v) is 9.23. The first kappa shape index (κ1) is 22.4. The van der Waals surface area contributed by atoms with Crippen molar-refractivity contribution in [3.8, 4) is 5.75 Å². The molecule has 0 saturated heterocycles. The van der Waals surface area contributed by atoms with E-state index in [0.717, 1.165) is 5.69 Å². The molecule has 162 valence electrons. The molecule has 6 nitrogen and oxygen atoms in total. The Kier molecular flexibility index (Phi) is 6.97. The molecule has 0 aliphatic carbocycles. The fourth-order valence-corrected chi connectivity index (χ4v) is 4.39. The van der Waals surface area contributed by atoms with Crippen molar-refractivity contribution >= 4 is 27.3 Å². The number of para-hydroxylation sites is 1. The van der Waals surface area contributed by atoms with Gasteiger partial charge in [-0.25, -0.2) is 8.42 Å². The minimum atomic E-state index is -3.65. The Hall–Kier alpha value is -3.32. The maximum atomic E-state index is 12.8. The van der Waals surface area contributed by atoms with Gasteiger partial charge in [-0.3, -0.25) is 9.10 Å². The fourth-order valence-electron chi connectivity index (χ4n) is 3.17. The average Bonchev–Trinajstić information content (AvgIpc) is 2.78. The number of anilines is 2. The quantitative estimate of drug-likeness (QED) is 0.525. The van der Waals surface area contributed by atoms with E-state index in [4.69, 9.17) is 4.74 Å². The maximum absolute atomic E-state index is 12.8. The molecule has 0 fully saturated rings. The smallest absolute Gasteiger partial charge is 0.265 e. The normalized spacial score (nSPS) is 11.2. The first-order valence-electron chi connectivity index (χ1n) is 9.94. The maximum Gasteiger partial charge on any atom is 0.265 e. The van der Waals surface area contributed by atoms with Crippen LogP contribution in [0.25, 0.3) is 0 Å². The van der Waals surface area contributed by atoms with Gasteiger partial charge in [-0.05, 0) is 62.4 Å². The minimum absolute atomic E-state index is 0.0160. The van der Waals surface area contributed by atoms with Crippen LogP contribution in [0.2, 0.25) is 0 Å². The van der Waals surface area contributed by atoms with Crippen molar-refractivity contribution in [2.75, 3.05) is 22.9 Å². The van der Waals surface area contributed by atoms with Crippen molar-refractivity contribution in [3.05, 3.63) is 84.9 Å².